The van der Waals surface area contributed by atoms with Crippen LogP contribution in [-0.2, 0) is 65.4 Å². The molecular formula is C75H146O17P2. The van der Waals surface area contributed by atoms with Crippen LogP contribution in [-0.4, -0.2) is 96.7 Å². The number of hydrogen-bond acceptors (Lipinski definition) is 15. The highest BCUT2D eigenvalue weighted by atomic mass is 31.2. The molecule has 558 valence electrons. The van der Waals surface area contributed by atoms with Gasteiger partial charge in [-0.3, -0.25) is 37.3 Å². The lowest BCUT2D eigenvalue weighted by molar-refractivity contribution is -0.161. The van der Waals surface area contributed by atoms with Crippen molar-refractivity contribution < 1.29 is 80.2 Å². The maximum atomic E-state index is 13.1. The first-order valence-corrected chi connectivity index (χ1v) is 41.8. The van der Waals surface area contributed by atoms with Crippen LogP contribution in [0.4, 0.5) is 0 Å². The minimum Gasteiger partial charge on any atom is -0.462 e. The minimum atomic E-state index is -4.96. The van der Waals surface area contributed by atoms with E-state index in [4.69, 9.17) is 37.0 Å². The fourth-order valence-electron chi connectivity index (χ4n) is 11.4. The fourth-order valence-corrected chi connectivity index (χ4v) is 13.0. The van der Waals surface area contributed by atoms with Gasteiger partial charge in [-0.1, -0.05) is 331 Å². The molecular weight excluding hydrogens is 1230 g/mol. The van der Waals surface area contributed by atoms with Gasteiger partial charge in [0.25, 0.3) is 0 Å². The summed E-state index contributed by atoms with van der Waals surface area (Å²) in [5.41, 5.74) is 0. The van der Waals surface area contributed by atoms with E-state index >= 15 is 0 Å². The van der Waals surface area contributed by atoms with E-state index in [-0.39, 0.29) is 25.7 Å². The average molecular weight is 1380 g/mol. The molecule has 0 saturated carbocycles. The number of aliphatic hydroxyl groups is 1. The van der Waals surface area contributed by atoms with E-state index in [1.807, 2.05) is 0 Å². The van der Waals surface area contributed by atoms with Crippen molar-refractivity contribution in [3.8, 4) is 0 Å². The van der Waals surface area contributed by atoms with Gasteiger partial charge >= 0.3 is 39.5 Å². The Morgan fingerprint density at radius 1 is 0.287 bits per heavy atom. The Hall–Kier alpha value is -1.94. The van der Waals surface area contributed by atoms with Crippen LogP contribution in [0.5, 0.6) is 0 Å². The molecule has 0 spiro atoms. The molecule has 94 heavy (non-hydrogen) atoms. The third-order valence-corrected chi connectivity index (χ3v) is 19.3. The second-order valence-electron chi connectivity index (χ2n) is 28.5. The Kier molecular flexibility index (Phi) is 64.3. The molecule has 3 N–H and O–H groups in total. The summed E-state index contributed by atoms with van der Waals surface area (Å²) >= 11 is 0. The van der Waals surface area contributed by atoms with Gasteiger partial charge in [0.15, 0.2) is 12.2 Å². The summed E-state index contributed by atoms with van der Waals surface area (Å²) in [6.45, 7) is 11.8. The predicted molar refractivity (Wildman–Crippen MR) is 381 cm³/mol. The number of phosphoric ester groups is 2. The van der Waals surface area contributed by atoms with E-state index in [0.29, 0.717) is 31.6 Å². The van der Waals surface area contributed by atoms with Gasteiger partial charge in [0.2, 0.25) is 0 Å². The first-order valence-electron chi connectivity index (χ1n) is 38.8. The van der Waals surface area contributed by atoms with Crippen LogP contribution in [0, 0.1) is 17.8 Å². The van der Waals surface area contributed by atoms with Gasteiger partial charge < -0.3 is 33.8 Å². The molecule has 0 heterocycles. The molecule has 0 aromatic heterocycles. The van der Waals surface area contributed by atoms with Crippen molar-refractivity contribution in [3.63, 3.8) is 0 Å². The smallest absolute Gasteiger partial charge is 0.462 e. The lowest BCUT2D eigenvalue weighted by Gasteiger charge is -2.21. The van der Waals surface area contributed by atoms with Crippen molar-refractivity contribution in [2.45, 2.75) is 401 Å². The number of phosphoric acid groups is 2. The van der Waals surface area contributed by atoms with E-state index in [0.717, 1.165) is 108 Å². The third-order valence-electron chi connectivity index (χ3n) is 17.4. The standard InChI is InChI=1S/C75H146O17P2/c1-8-9-10-11-12-13-14-15-16-17-18-19-20-21-24-28-36-44-51-58-74(79)91-70(62-85-72(77)56-49-42-35-27-25-22-23-26-32-39-46-53-66(2)3)64-89-93(81,82)87-60-69(76)61-88-94(83,84)90-65-71(63-86-73(78)57-50-43-38-31-34-41-48-55-68(6)7)92-75(80)59-52-45-37-30-29-33-40-47-54-67(4)5/h66-71,76H,8-65H2,1-7H3,(H,81,82)(H,83,84)/t69-,70-,71-/m1/s1. The zero-order chi connectivity index (χ0) is 69.4. The predicted octanol–water partition coefficient (Wildman–Crippen LogP) is 21.8. The van der Waals surface area contributed by atoms with Crippen molar-refractivity contribution in [2.75, 3.05) is 39.6 Å². The Bertz CT molecular complexity index is 1840. The Morgan fingerprint density at radius 3 is 0.723 bits per heavy atom. The van der Waals surface area contributed by atoms with Gasteiger partial charge in [0.1, 0.15) is 19.3 Å². The molecule has 19 heteroatoms. The molecule has 17 nitrogen and oxygen atoms in total. The molecule has 0 fully saturated rings. The van der Waals surface area contributed by atoms with Crippen molar-refractivity contribution in [2.24, 2.45) is 17.8 Å². The molecule has 0 aromatic rings. The molecule has 0 amide bonds. The zero-order valence-corrected chi connectivity index (χ0v) is 63.2. The number of ether oxygens (including phenoxy) is 4. The summed E-state index contributed by atoms with van der Waals surface area (Å²) in [5.74, 6) is 0.0720. The van der Waals surface area contributed by atoms with Crippen molar-refractivity contribution in [3.05, 3.63) is 0 Å². The van der Waals surface area contributed by atoms with E-state index < -0.39 is 97.5 Å². The van der Waals surface area contributed by atoms with Gasteiger partial charge in [-0.15, -0.1) is 0 Å². The van der Waals surface area contributed by atoms with Crippen LogP contribution < -0.4 is 0 Å². The summed E-state index contributed by atoms with van der Waals surface area (Å²) < 4.78 is 68.4. The number of carbonyl (C=O) groups excluding carboxylic acids is 4. The number of rotatable bonds is 73. The number of hydrogen-bond donors (Lipinski definition) is 3. The van der Waals surface area contributed by atoms with Crippen molar-refractivity contribution >= 4 is 39.5 Å². The van der Waals surface area contributed by atoms with Gasteiger partial charge in [-0.2, -0.15) is 0 Å². The lowest BCUT2D eigenvalue weighted by Crippen LogP contribution is -2.30. The minimum absolute atomic E-state index is 0.104. The monoisotopic (exact) mass is 1380 g/mol. The van der Waals surface area contributed by atoms with Crippen LogP contribution in [0.1, 0.15) is 382 Å². The molecule has 0 radical (unpaired) electrons. The van der Waals surface area contributed by atoms with Crippen LogP contribution in [0.3, 0.4) is 0 Å². The molecule has 0 aliphatic carbocycles. The highest BCUT2D eigenvalue weighted by molar-refractivity contribution is 7.47. The highest BCUT2D eigenvalue weighted by Gasteiger charge is 2.30. The topological polar surface area (TPSA) is 237 Å². The Balaban J connectivity index is 5.23. The van der Waals surface area contributed by atoms with Crippen LogP contribution in [0.25, 0.3) is 0 Å². The van der Waals surface area contributed by atoms with Gasteiger partial charge in [0, 0.05) is 25.7 Å². The second kappa shape index (κ2) is 65.7. The van der Waals surface area contributed by atoms with Gasteiger partial charge in [0.05, 0.1) is 26.4 Å². The number of carbonyl (C=O) groups is 4. The van der Waals surface area contributed by atoms with Crippen LogP contribution in [0.15, 0.2) is 0 Å². The molecule has 5 atom stereocenters. The second-order valence-corrected chi connectivity index (χ2v) is 31.4. The molecule has 0 aromatic carbocycles. The van der Waals surface area contributed by atoms with Crippen LogP contribution in [0.2, 0.25) is 0 Å². The molecule has 0 bridgehead atoms. The fraction of sp³-hybridized carbons (Fsp3) is 0.947. The normalized spacial score (nSPS) is 14.1. The zero-order valence-electron chi connectivity index (χ0n) is 61.4. The van der Waals surface area contributed by atoms with Crippen LogP contribution >= 0.6 is 15.6 Å². The molecule has 2 unspecified atom stereocenters. The Morgan fingerprint density at radius 2 is 0.489 bits per heavy atom. The first-order chi connectivity index (χ1) is 45.2. The van der Waals surface area contributed by atoms with Crippen molar-refractivity contribution in [1.29, 1.82) is 0 Å². The van der Waals surface area contributed by atoms with E-state index in [1.54, 1.807) is 0 Å². The third kappa shape index (κ3) is 68.6. The van der Waals surface area contributed by atoms with Gasteiger partial charge in [-0.25, -0.2) is 9.13 Å². The maximum Gasteiger partial charge on any atom is 0.472 e. The quantitative estimate of drug-likeness (QED) is 0.0222. The summed E-state index contributed by atoms with van der Waals surface area (Å²) in [4.78, 5) is 72.7. The van der Waals surface area contributed by atoms with E-state index in [9.17, 15) is 43.2 Å². The summed E-state index contributed by atoms with van der Waals surface area (Å²) in [5, 5.41) is 10.6. The van der Waals surface area contributed by atoms with E-state index in [1.165, 1.54) is 186 Å². The molecule has 0 aliphatic heterocycles. The number of esters is 4. The average Bonchev–Trinajstić information content (AvgIpc) is 2.61. The summed E-state index contributed by atoms with van der Waals surface area (Å²) in [6, 6.07) is 0. The molecule has 0 aliphatic rings. The summed E-state index contributed by atoms with van der Waals surface area (Å²) in [7, 11) is -9.91. The van der Waals surface area contributed by atoms with Crippen molar-refractivity contribution in [1.82, 2.24) is 0 Å². The molecule has 0 rings (SSSR count). The first kappa shape index (κ1) is 92.1. The maximum absolute atomic E-state index is 13.1. The largest absolute Gasteiger partial charge is 0.472 e. The number of unbranched alkanes of at least 4 members (excludes halogenated alkanes) is 41. The molecule has 0 saturated heterocycles. The Labute approximate surface area is 575 Å². The van der Waals surface area contributed by atoms with E-state index in [2.05, 4.69) is 48.5 Å². The lowest BCUT2D eigenvalue weighted by atomic mass is 10.0. The van der Waals surface area contributed by atoms with Gasteiger partial charge in [-0.05, 0) is 43.4 Å². The summed E-state index contributed by atoms with van der Waals surface area (Å²) in [6.07, 6.45) is 51.5. The SMILES string of the molecule is CCCCCCCCCCCCCCCCCCCCCC(=O)O[C@H](COC(=O)CCCCCCCCCCCCCC(C)C)COP(=O)(O)OC[C@@H](O)COP(=O)(O)OC[C@@H](COC(=O)CCCCCCCCCC(C)C)OC(=O)CCCCCCCCCCC(C)C. The number of aliphatic hydroxyl groups excluding tert-OH is 1. The highest BCUT2D eigenvalue weighted by Crippen LogP contribution is 2.45.